The first-order valence-electron chi connectivity index (χ1n) is 6.41. The first-order valence-corrected chi connectivity index (χ1v) is 6.41. The van der Waals surface area contributed by atoms with Gasteiger partial charge in [-0.3, -0.25) is 0 Å². The molecule has 90 valence electrons. The minimum Gasteiger partial charge on any atom is -0.391 e. The van der Waals surface area contributed by atoms with Gasteiger partial charge in [0.25, 0.3) is 0 Å². The lowest BCUT2D eigenvalue weighted by atomic mass is 9.97. The van der Waals surface area contributed by atoms with Crippen LogP contribution in [0.5, 0.6) is 0 Å². The first-order chi connectivity index (χ1) is 8.25. The van der Waals surface area contributed by atoms with Gasteiger partial charge in [0.05, 0.1) is 6.10 Å². The number of aliphatic hydroxyl groups is 1. The number of hydrogen-bond donors (Lipinski definition) is 1. The van der Waals surface area contributed by atoms with E-state index in [1.165, 1.54) is 16.7 Å². The molecule has 1 aromatic rings. The predicted molar refractivity (Wildman–Crippen MR) is 69.8 cm³/mol. The number of aliphatic hydroxyl groups excluding tert-OH is 1. The van der Waals surface area contributed by atoms with Gasteiger partial charge in [-0.15, -0.1) is 0 Å². The van der Waals surface area contributed by atoms with Gasteiger partial charge in [0.15, 0.2) is 0 Å². The van der Waals surface area contributed by atoms with Gasteiger partial charge >= 0.3 is 0 Å². The van der Waals surface area contributed by atoms with E-state index < -0.39 is 0 Å². The summed E-state index contributed by atoms with van der Waals surface area (Å²) in [5, 5.41) is 10.00. The van der Waals surface area contributed by atoms with Crippen molar-refractivity contribution in [2.75, 3.05) is 13.6 Å². The molecule has 2 aliphatic rings. The van der Waals surface area contributed by atoms with Crippen LogP contribution in [0.25, 0.3) is 5.57 Å². The average Bonchev–Trinajstić information content (AvgIpc) is 2.88. The molecule has 0 bridgehead atoms. The summed E-state index contributed by atoms with van der Waals surface area (Å²) >= 11 is 0. The summed E-state index contributed by atoms with van der Waals surface area (Å²) in [7, 11) is 2.11. The van der Waals surface area contributed by atoms with Crippen molar-refractivity contribution in [2.24, 2.45) is 0 Å². The van der Waals surface area contributed by atoms with Gasteiger partial charge in [-0.2, -0.15) is 0 Å². The molecule has 1 aliphatic heterocycles. The Bertz CT molecular complexity index is 442. The van der Waals surface area contributed by atoms with Gasteiger partial charge in [0, 0.05) is 12.6 Å². The van der Waals surface area contributed by atoms with Gasteiger partial charge in [-0.1, -0.05) is 30.3 Å². The molecule has 1 fully saturated rings. The molecule has 1 aromatic carbocycles. The van der Waals surface area contributed by atoms with Gasteiger partial charge in [-0.05, 0) is 43.0 Å². The SMILES string of the molecule is CN1CC[C@@H](O)[C@H]1CC1=CCc2ccccc21. The fourth-order valence-corrected chi connectivity index (χ4v) is 3.05. The van der Waals surface area contributed by atoms with Crippen LogP contribution in [0.1, 0.15) is 24.0 Å². The van der Waals surface area contributed by atoms with Crippen LogP contribution in [-0.2, 0) is 6.42 Å². The molecular formula is C15H19NO. The van der Waals surface area contributed by atoms with Crippen molar-refractivity contribution in [3.8, 4) is 0 Å². The molecule has 0 unspecified atom stereocenters. The summed E-state index contributed by atoms with van der Waals surface area (Å²) in [4.78, 5) is 2.28. The molecule has 0 radical (unpaired) electrons. The molecule has 2 heteroatoms. The van der Waals surface area contributed by atoms with E-state index in [9.17, 15) is 5.11 Å². The van der Waals surface area contributed by atoms with E-state index in [1.807, 2.05) is 0 Å². The summed E-state index contributed by atoms with van der Waals surface area (Å²) in [5.41, 5.74) is 4.23. The number of hydrogen-bond acceptors (Lipinski definition) is 2. The van der Waals surface area contributed by atoms with Crippen LogP contribution in [-0.4, -0.2) is 35.7 Å². The molecule has 3 rings (SSSR count). The number of likely N-dealkylation sites (N-methyl/N-ethyl adjacent to an activating group) is 1. The monoisotopic (exact) mass is 229 g/mol. The third-order valence-corrected chi connectivity index (χ3v) is 4.15. The molecule has 2 atom stereocenters. The number of nitrogens with zero attached hydrogens (tertiary/aromatic N) is 1. The van der Waals surface area contributed by atoms with Crippen LogP contribution in [0, 0.1) is 0 Å². The Morgan fingerprint density at radius 1 is 1.35 bits per heavy atom. The van der Waals surface area contributed by atoms with Crippen molar-refractivity contribution in [1.82, 2.24) is 4.90 Å². The third kappa shape index (κ3) is 1.92. The lowest BCUT2D eigenvalue weighted by Gasteiger charge is -2.23. The lowest BCUT2D eigenvalue weighted by Crippen LogP contribution is -2.32. The summed E-state index contributed by atoms with van der Waals surface area (Å²) in [6.07, 6.45) is 5.11. The molecule has 1 N–H and O–H groups in total. The molecule has 2 nitrogen and oxygen atoms in total. The zero-order valence-corrected chi connectivity index (χ0v) is 10.3. The van der Waals surface area contributed by atoms with E-state index in [2.05, 4.69) is 42.3 Å². The topological polar surface area (TPSA) is 23.5 Å². The summed E-state index contributed by atoms with van der Waals surface area (Å²) in [5.74, 6) is 0. The quantitative estimate of drug-likeness (QED) is 0.839. The van der Waals surface area contributed by atoms with Crippen LogP contribution in [0.15, 0.2) is 30.3 Å². The molecule has 0 spiro atoms. The molecule has 0 amide bonds. The Morgan fingerprint density at radius 2 is 2.18 bits per heavy atom. The van der Waals surface area contributed by atoms with E-state index in [0.717, 1.165) is 25.8 Å². The molecular weight excluding hydrogens is 210 g/mol. The zero-order valence-electron chi connectivity index (χ0n) is 10.3. The minimum absolute atomic E-state index is 0.159. The minimum atomic E-state index is -0.159. The highest BCUT2D eigenvalue weighted by Crippen LogP contribution is 2.33. The number of allylic oxidation sites excluding steroid dienone is 1. The van der Waals surface area contributed by atoms with Crippen molar-refractivity contribution >= 4 is 5.57 Å². The number of rotatable bonds is 2. The maximum atomic E-state index is 10.00. The second-order valence-corrected chi connectivity index (χ2v) is 5.20. The number of benzene rings is 1. The summed E-state index contributed by atoms with van der Waals surface area (Å²) in [6, 6.07) is 8.91. The van der Waals surface area contributed by atoms with E-state index >= 15 is 0 Å². The third-order valence-electron chi connectivity index (χ3n) is 4.15. The number of likely N-dealkylation sites (tertiary alicyclic amines) is 1. The van der Waals surface area contributed by atoms with Crippen LogP contribution in [0.4, 0.5) is 0 Å². The molecule has 0 aromatic heterocycles. The Balaban J connectivity index is 1.79. The molecule has 17 heavy (non-hydrogen) atoms. The second-order valence-electron chi connectivity index (χ2n) is 5.20. The normalized spacial score (nSPS) is 28.2. The summed E-state index contributed by atoms with van der Waals surface area (Å²) < 4.78 is 0. The van der Waals surface area contributed by atoms with E-state index in [4.69, 9.17) is 0 Å². The Hall–Kier alpha value is -1.12. The van der Waals surface area contributed by atoms with Crippen molar-refractivity contribution in [2.45, 2.75) is 31.4 Å². The maximum absolute atomic E-state index is 10.00. The van der Waals surface area contributed by atoms with E-state index in [1.54, 1.807) is 0 Å². The first kappa shape index (κ1) is 11.0. The Morgan fingerprint density at radius 3 is 2.94 bits per heavy atom. The van der Waals surface area contributed by atoms with Crippen LogP contribution in [0.2, 0.25) is 0 Å². The zero-order chi connectivity index (χ0) is 11.8. The highest BCUT2D eigenvalue weighted by molar-refractivity contribution is 5.73. The molecule has 1 heterocycles. The van der Waals surface area contributed by atoms with Crippen molar-refractivity contribution in [3.05, 3.63) is 41.5 Å². The van der Waals surface area contributed by atoms with E-state index in [-0.39, 0.29) is 6.10 Å². The fraction of sp³-hybridized carbons (Fsp3) is 0.467. The van der Waals surface area contributed by atoms with E-state index in [0.29, 0.717) is 6.04 Å². The van der Waals surface area contributed by atoms with Crippen LogP contribution >= 0.6 is 0 Å². The molecule has 1 aliphatic carbocycles. The fourth-order valence-electron chi connectivity index (χ4n) is 3.05. The largest absolute Gasteiger partial charge is 0.391 e. The van der Waals surface area contributed by atoms with Gasteiger partial charge in [-0.25, -0.2) is 0 Å². The van der Waals surface area contributed by atoms with Gasteiger partial charge in [0.1, 0.15) is 0 Å². The lowest BCUT2D eigenvalue weighted by molar-refractivity contribution is 0.129. The van der Waals surface area contributed by atoms with Gasteiger partial charge < -0.3 is 10.0 Å². The van der Waals surface area contributed by atoms with Crippen molar-refractivity contribution in [3.63, 3.8) is 0 Å². The average molecular weight is 229 g/mol. The highest BCUT2D eigenvalue weighted by atomic mass is 16.3. The number of fused-ring (bicyclic) bond motifs is 1. The Kier molecular flexibility index (Phi) is 2.77. The molecule has 1 saturated heterocycles. The smallest absolute Gasteiger partial charge is 0.0710 e. The van der Waals surface area contributed by atoms with Crippen molar-refractivity contribution < 1.29 is 5.11 Å². The molecule has 0 saturated carbocycles. The Labute approximate surface area is 103 Å². The van der Waals surface area contributed by atoms with Crippen LogP contribution in [0.3, 0.4) is 0 Å². The predicted octanol–water partition coefficient (Wildman–Crippen LogP) is 2.08. The van der Waals surface area contributed by atoms with Crippen molar-refractivity contribution in [1.29, 1.82) is 0 Å². The second kappa shape index (κ2) is 4.28. The van der Waals surface area contributed by atoms with Crippen LogP contribution < -0.4 is 0 Å². The summed E-state index contributed by atoms with van der Waals surface area (Å²) in [6.45, 7) is 1.01. The highest BCUT2D eigenvalue weighted by Gasteiger charge is 2.31. The van der Waals surface area contributed by atoms with Gasteiger partial charge in [0.2, 0.25) is 0 Å². The maximum Gasteiger partial charge on any atom is 0.0710 e. The standard InChI is InChI=1S/C15H19NO/c1-16-9-8-15(17)14(16)10-12-7-6-11-4-2-3-5-13(11)12/h2-5,7,14-15,17H,6,8-10H2,1H3/t14-,15-/m1/s1.